The van der Waals surface area contributed by atoms with Gasteiger partial charge in [-0.25, -0.2) is 0 Å². The number of rotatable bonds is 1. The predicted octanol–water partition coefficient (Wildman–Crippen LogP) is 6.25. The van der Waals surface area contributed by atoms with Gasteiger partial charge in [0, 0.05) is 34.0 Å². The minimum absolute atomic E-state index is 0.0590. The average Bonchev–Trinajstić information content (AvgIpc) is 3.20. The van der Waals surface area contributed by atoms with Crippen molar-refractivity contribution < 1.29 is 0 Å². The van der Waals surface area contributed by atoms with E-state index in [-0.39, 0.29) is 34.0 Å². The van der Waals surface area contributed by atoms with E-state index in [2.05, 4.69) is 21.2 Å². The van der Waals surface area contributed by atoms with Crippen LogP contribution in [0.4, 0.5) is 5.69 Å². The first-order chi connectivity index (χ1) is 11.7. The van der Waals surface area contributed by atoms with Crippen molar-refractivity contribution >= 4 is 91.4 Å². The molecular formula is C16H11BrCl6N2. The van der Waals surface area contributed by atoms with Gasteiger partial charge in [-0.1, -0.05) is 64.6 Å². The first kappa shape index (κ1) is 18.0. The number of hydrogen-bond donors (Lipinski definition) is 0. The molecule has 1 aromatic rings. The Balaban J connectivity index is 1.69. The van der Waals surface area contributed by atoms with Gasteiger partial charge in [0.1, 0.15) is 9.75 Å². The molecule has 1 aromatic carbocycles. The maximum atomic E-state index is 7.04. The number of anilines is 1. The number of alkyl halides is 4. The van der Waals surface area contributed by atoms with Crippen LogP contribution >= 0.6 is 85.8 Å². The fourth-order valence-electron chi connectivity index (χ4n) is 5.27. The lowest BCUT2D eigenvalue weighted by atomic mass is 9.80. The Hall–Kier alpha value is 0.940. The fraction of sp³-hybridized carbons (Fsp3) is 0.500. The lowest BCUT2D eigenvalue weighted by Crippen LogP contribution is -2.56. The molecule has 0 amide bonds. The summed E-state index contributed by atoms with van der Waals surface area (Å²) in [6, 6.07) is 10.2. The van der Waals surface area contributed by atoms with E-state index in [9.17, 15) is 0 Å². The molecule has 1 aliphatic heterocycles. The van der Waals surface area contributed by atoms with E-state index >= 15 is 0 Å². The second-order valence-electron chi connectivity index (χ2n) is 7.02. The van der Waals surface area contributed by atoms with E-state index < -0.39 is 14.1 Å². The second kappa shape index (κ2) is 5.30. The molecule has 9 heteroatoms. The van der Waals surface area contributed by atoms with Crippen molar-refractivity contribution in [2.75, 3.05) is 5.01 Å². The van der Waals surface area contributed by atoms with Gasteiger partial charge in [0.2, 0.25) is 0 Å². The molecule has 3 aliphatic carbocycles. The molecule has 2 saturated carbocycles. The summed E-state index contributed by atoms with van der Waals surface area (Å²) in [5.74, 6) is -0.225. The van der Waals surface area contributed by atoms with Crippen LogP contribution in [0.1, 0.15) is 6.42 Å². The van der Waals surface area contributed by atoms with E-state index in [4.69, 9.17) is 69.6 Å². The zero-order valence-corrected chi connectivity index (χ0v) is 18.6. The van der Waals surface area contributed by atoms with Crippen LogP contribution in [0.3, 0.4) is 0 Å². The summed E-state index contributed by atoms with van der Waals surface area (Å²) < 4.78 is 0.547. The van der Waals surface area contributed by atoms with Crippen molar-refractivity contribution in [3.05, 3.63) is 40.4 Å². The lowest BCUT2D eigenvalue weighted by Gasteiger charge is -2.47. The summed E-state index contributed by atoms with van der Waals surface area (Å²) in [5.41, 5.74) is 1.05. The highest BCUT2D eigenvalue weighted by molar-refractivity contribution is 9.07. The molecule has 4 aliphatic rings. The summed E-state index contributed by atoms with van der Waals surface area (Å²) in [5, 5.41) is 2.73. The van der Waals surface area contributed by atoms with Gasteiger partial charge in [-0.3, -0.25) is 5.01 Å². The van der Waals surface area contributed by atoms with Crippen LogP contribution in [0, 0.1) is 11.8 Å². The van der Waals surface area contributed by atoms with Crippen LogP contribution < -0.4 is 5.01 Å². The smallest absolute Gasteiger partial charge is 0.166 e. The van der Waals surface area contributed by atoms with Crippen molar-refractivity contribution in [3.8, 4) is 0 Å². The van der Waals surface area contributed by atoms with Gasteiger partial charge in [-0.2, -0.15) is 4.03 Å². The molecule has 6 atom stereocenters. The molecule has 0 radical (unpaired) electrons. The molecule has 0 N–H and O–H groups in total. The van der Waals surface area contributed by atoms with Crippen LogP contribution in [-0.4, -0.2) is 30.2 Å². The number of hydrazine groups is 1. The first-order valence-electron chi connectivity index (χ1n) is 7.80. The van der Waals surface area contributed by atoms with E-state index in [0.717, 1.165) is 12.1 Å². The van der Waals surface area contributed by atoms with E-state index in [0.29, 0.717) is 0 Å². The van der Waals surface area contributed by atoms with Gasteiger partial charge in [0.15, 0.2) is 4.33 Å². The third-order valence-electron chi connectivity index (χ3n) is 6.18. The minimum atomic E-state index is -1.48. The molecule has 3 fully saturated rings. The van der Waals surface area contributed by atoms with Crippen molar-refractivity contribution in [3.63, 3.8) is 0 Å². The Bertz CT molecular complexity index is 803. The van der Waals surface area contributed by atoms with Crippen molar-refractivity contribution in [1.29, 1.82) is 0 Å². The van der Waals surface area contributed by atoms with Gasteiger partial charge in [-0.05, 0) is 18.6 Å². The quantitative estimate of drug-likeness (QED) is 0.244. The Morgan fingerprint density at radius 2 is 1.40 bits per heavy atom. The number of fused-ring (bicyclic) bond motifs is 9. The van der Waals surface area contributed by atoms with Crippen LogP contribution in [-0.2, 0) is 0 Å². The van der Waals surface area contributed by atoms with Crippen LogP contribution in [0.15, 0.2) is 40.4 Å². The lowest BCUT2D eigenvalue weighted by molar-refractivity contribution is 0.194. The summed E-state index contributed by atoms with van der Waals surface area (Å²) >= 11 is 44.2. The highest BCUT2D eigenvalue weighted by atomic mass is 79.9. The van der Waals surface area contributed by atoms with Gasteiger partial charge < -0.3 is 0 Å². The SMILES string of the molecule is ClC1=C(Cl)C2(Cl)C3C4CC(C3C1(Cl)C2(Cl)Cl)N(Br)N4c1ccccc1. The number of hydrogen-bond acceptors (Lipinski definition) is 2. The number of benzene rings is 1. The maximum Gasteiger partial charge on any atom is 0.166 e. The maximum absolute atomic E-state index is 7.04. The molecule has 0 spiro atoms. The number of halogens is 7. The summed E-state index contributed by atoms with van der Waals surface area (Å²) in [4.78, 5) is -2.41. The van der Waals surface area contributed by atoms with Gasteiger partial charge in [0.25, 0.3) is 0 Å². The molecule has 4 bridgehead atoms. The van der Waals surface area contributed by atoms with Crippen LogP contribution in [0.2, 0.25) is 0 Å². The van der Waals surface area contributed by atoms with Crippen LogP contribution in [0.5, 0.6) is 0 Å². The third kappa shape index (κ3) is 1.74. The van der Waals surface area contributed by atoms with Gasteiger partial charge >= 0.3 is 0 Å². The number of para-hydroxylation sites is 1. The predicted molar refractivity (Wildman–Crippen MR) is 109 cm³/mol. The van der Waals surface area contributed by atoms with E-state index in [1.807, 2.05) is 34.4 Å². The Kier molecular flexibility index (Phi) is 3.81. The molecule has 1 saturated heterocycles. The second-order valence-corrected chi connectivity index (χ2v) is 11.0. The molecule has 5 rings (SSSR count). The summed E-state index contributed by atoms with van der Waals surface area (Å²) in [6.45, 7) is 0. The largest absolute Gasteiger partial charge is 0.292 e. The molecule has 25 heavy (non-hydrogen) atoms. The molecular weight excluding hydrogens is 513 g/mol. The third-order valence-corrected chi connectivity index (χ3v) is 11.3. The summed E-state index contributed by atoms with van der Waals surface area (Å²) in [6.07, 6.45) is 0.872. The summed E-state index contributed by atoms with van der Waals surface area (Å²) in [7, 11) is 0. The molecule has 6 unspecified atom stereocenters. The highest BCUT2D eigenvalue weighted by Crippen LogP contribution is 2.80. The van der Waals surface area contributed by atoms with E-state index in [1.54, 1.807) is 0 Å². The van der Waals surface area contributed by atoms with Gasteiger partial charge in [-0.15, -0.1) is 23.2 Å². The standard InChI is InChI=1S/C16H11BrCl6N2/c17-25-9-6-8(24(25)7-4-2-1-3-5-7)10-11(9)15(21)13(19)12(18)14(10,20)16(15,22)23/h1-5,8-11H,6H2. The zero-order valence-electron chi connectivity index (χ0n) is 12.4. The van der Waals surface area contributed by atoms with Crippen molar-refractivity contribution in [2.24, 2.45) is 11.8 Å². The Morgan fingerprint density at radius 1 is 0.880 bits per heavy atom. The Labute approximate surface area is 184 Å². The molecule has 0 aromatic heterocycles. The fourth-order valence-corrected chi connectivity index (χ4v) is 9.21. The monoisotopic (exact) mass is 520 g/mol. The number of nitrogens with zero attached hydrogens (tertiary/aromatic N) is 2. The van der Waals surface area contributed by atoms with Crippen molar-refractivity contribution in [2.45, 2.75) is 32.6 Å². The molecule has 134 valence electrons. The van der Waals surface area contributed by atoms with Crippen molar-refractivity contribution in [1.82, 2.24) is 4.03 Å². The highest BCUT2D eigenvalue weighted by Gasteiger charge is 2.87. The molecule has 2 nitrogen and oxygen atoms in total. The van der Waals surface area contributed by atoms with E-state index in [1.165, 1.54) is 0 Å². The Morgan fingerprint density at radius 3 is 1.96 bits per heavy atom. The minimum Gasteiger partial charge on any atom is -0.292 e. The first-order valence-corrected chi connectivity index (χ1v) is 10.8. The molecule has 1 heterocycles. The topological polar surface area (TPSA) is 6.48 Å². The van der Waals surface area contributed by atoms with Crippen LogP contribution in [0.25, 0.3) is 0 Å². The van der Waals surface area contributed by atoms with Gasteiger partial charge in [0.05, 0.1) is 21.8 Å². The normalized spacial score (nSPS) is 47.1. The number of allylic oxidation sites excluding steroid dienone is 2. The average molecular weight is 524 g/mol. The zero-order chi connectivity index (χ0) is 17.9.